The molecule has 1 amide bonds. The number of esters is 1. The van der Waals surface area contributed by atoms with Crippen LogP contribution in [0.4, 0.5) is 0 Å². The van der Waals surface area contributed by atoms with E-state index in [9.17, 15) is 19.0 Å². The fourth-order valence-electron chi connectivity index (χ4n) is 9.79. The predicted molar refractivity (Wildman–Crippen MR) is 367 cm³/mol. The van der Waals surface area contributed by atoms with Crippen LogP contribution >= 0.6 is 7.82 Å². The maximum Gasteiger partial charge on any atom is 0.306 e. The summed E-state index contributed by atoms with van der Waals surface area (Å²) >= 11 is 0. The van der Waals surface area contributed by atoms with E-state index in [1.807, 2.05) is 33.3 Å². The van der Waals surface area contributed by atoms with E-state index in [0.717, 1.165) is 109 Å². The Hall–Kier alpha value is -3.33. The Kier molecular flexibility index (Phi) is 61.2. The number of allylic oxidation sites excluding steroid dienone is 17. The molecule has 0 saturated heterocycles. The van der Waals surface area contributed by atoms with Crippen LogP contribution in [0.25, 0.3) is 0 Å². The summed E-state index contributed by atoms with van der Waals surface area (Å²) in [6.07, 6.45) is 87.7. The van der Waals surface area contributed by atoms with Crippen molar-refractivity contribution in [2.24, 2.45) is 0 Å². The zero-order valence-electron chi connectivity index (χ0n) is 56.0. The summed E-state index contributed by atoms with van der Waals surface area (Å²) in [5.41, 5.74) is 0. The molecule has 0 rings (SSSR count). The molecule has 0 aromatic heterocycles. The third kappa shape index (κ3) is 65.0. The smallest absolute Gasteiger partial charge is 0.306 e. The Morgan fingerprint density at radius 1 is 0.424 bits per heavy atom. The third-order valence-electron chi connectivity index (χ3n) is 15.2. The fraction of sp³-hybridized carbons (Fsp3) is 0.733. The second-order valence-electron chi connectivity index (χ2n) is 24.6. The molecule has 0 bridgehead atoms. The number of rotatable bonds is 63. The molecule has 0 aliphatic rings. The van der Waals surface area contributed by atoms with Crippen LogP contribution < -0.4 is 10.2 Å². The van der Waals surface area contributed by atoms with E-state index >= 15 is 0 Å². The Morgan fingerprint density at radius 2 is 0.753 bits per heavy atom. The molecule has 0 fully saturated rings. The van der Waals surface area contributed by atoms with Crippen molar-refractivity contribution in [3.05, 3.63) is 109 Å². The summed E-state index contributed by atoms with van der Waals surface area (Å²) in [6.45, 7) is 6.71. The molecule has 490 valence electrons. The number of amides is 1. The van der Waals surface area contributed by atoms with Gasteiger partial charge in [0.1, 0.15) is 19.3 Å². The van der Waals surface area contributed by atoms with Crippen molar-refractivity contribution >= 4 is 19.7 Å². The number of nitrogens with one attached hydrogen (secondary N) is 1. The van der Waals surface area contributed by atoms with Crippen LogP contribution in [0.1, 0.15) is 303 Å². The van der Waals surface area contributed by atoms with Crippen molar-refractivity contribution < 1.29 is 37.3 Å². The van der Waals surface area contributed by atoms with E-state index in [0.29, 0.717) is 23.9 Å². The molecule has 0 aromatic carbocycles. The summed E-state index contributed by atoms with van der Waals surface area (Å²) < 4.78 is 30.4. The SMILES string of the molecule is CC/C=C\C/C=C\C/C=C\C/C=C\C/C=C\C/C=C\CCCCCCC(=O)OC(/C=C/CCCCCCCCCCCCC)C(COP(=O)([O-])OCC[N+](C)(C)C)NC(=O)CCCCCCCCCCCCCCC/C=C\C/C=C\CCCCC. The zero-order valence-corrected chi connectivity index (χ0v) is 56.9. The first-order chi connectivity index (χ1) is 41.4. The van der Waals surface area contributed by atoms with Crippen LogP contribution in [0.15, 0.2) is 109 Å². The highest BCUT2D eigenvalue weighted by Crippen LogP contribution is 2.38. The molecule has 3 unspecified atom stereocenters. The van der Waals surface area contributed by atoms with Crippen molar-refractivity contribution in [1.29, 1.82) is 0 Å². The Balaban J connectivity index is 5.19. The van der Waals surface area contributed by atoms with E-state index in [4.69, 9.17) is 13.8 Å². The number of phosphoric acid groups is 1. The number of carbonyl (C=O) groups excluding carboxylic acids is 2. The van der Waals surface area contributed by atoms with Crippen LogP contribution in [0.5, 0.6) is 0 Å². The van der Waals surface area contributed by atoms with Gasteiger partial charge in [0.2, 0.25) is 5.91 Å². The van der Waals surface area contributed by atoms with Gasteiger partial charge in [0.15, 0.2) is 0 Å². The van der Waals surface area contributed by atoms with Gasteiger partial charge in [0.25, 0.3) is 7.82 Å². The Bertz CT molecular complexity index is 1820. The van der Waals surface area contributed by atoms with Crippen LogP contribution in [0.2, 0.25) is 0 Å². The van der Waals surface area contributed by atoms with E-state index in [1.165, 1.54) is 154 Å². The minimum Gasteiger partial charge on any atom is -0.756 e. The quantitative estimate of drug-likeness (QED) is 0.0212. The molecular formula is C75H133N2O7P. The van der Waals surface area contributed by atoms with Crippen molar-refractivity contribution in [1.82, 2.24) is 5.32 Å². The largest absolute Gasteiger partial charge is 0.756 e. The summed E-state index contributed by atoms with van der Waals surface area (Å²) in [7, 11) is 1.16. The number of nitrogens with zero attached hydrogens (tertiary/aromatic N) is 1. The summed E-state index contributed by atoms with van der Waals surface area (Å²) in [6, 6.07) is -0.907. The number of likely N-dealkylation sites (N-methyl/N-ethyl adjacent to an activating group) is 1. The zero-order chi connectivity index (χ0) is 62.1. The van der Waals surface area contributed by atoms with Gasteiger partial charge >= 0.3 is 5.97 Å². The van der Waals surface area contributed by atoms with Gasteiger partial charge in [-0.3, -0.25) is 14.2 Å². The van der Waals surface area contributed by atoms with Crippen molar-refractivity contribution in [2.45, 2.75) is 315 Å². The maximum absolute atomic E-state index is 13.6. The first kappa shape index (κ1) is 81.7. The number of phosphoric ester groups is 1. The van der Waals surface area contributed by atoms with Crippen LogP contribution in [-0.4, -0.2) is 69.4 Å². The summed E-state index contributed by atoms with van der Waals surface area (Å²) in [4.78, 5) is 40.2. The molecule has 0 saturated carbocycles. The molecule has 0 spiro atoms. The van der Waals surface area contributed by atoms with Crippen LogP contribution in [0, 0.1) is 0 Å². The molecule has 85 heavy (non-hydrogen) atoms. The van der Waals surface area contributed by atoms with E-state index in [2.05, 4.69) is 123 Å². The van der Waals surface area contributed by atoms with Gasteiger partial charge in [-0.15, -0.1) is 0 Å². The number of quaternary nitrogens is 1. The van der Waals surface area contributed by atoms with Crippen molar-refractivity contribution in [2.75, 3.05) is 40.9 Å². The van der Waals surface area contributed by atoms with E-state index < -0.39 is 26.6 Å². The second-order valence-corrected chi connectivity index (χ2v) is 26.1. The lowest BCUT2D eigenvalue weighted by Crippen LogP contribution is -2.47. The molecule has 10 heteroatoms. The average molecular weight is 1210 g/mol. The number of unbranched alkanes of at least 4 members (excludes halogenated alkanes) is 31. The summed E-state index contributed by atoms with van der Waals surface area (Å²) in [5, 5.41) is 3.04. The molecular weight excluding hydrogens is 1070 g/mol. The number of hydrogen-bond donors (Lipinski definition) is 1. The second kappa shape index (κ2) is 63.7. The molecule has 3 atom stereocenters. The van der Waals surface area contributed by atoms with E-state index in [-0.39, 0.29) is 24.9 Å². The van der Waals surface area contributed by atoms with Gasteiger partial charge < -0.3 is 28.5 Å². The molecule has 0 aromatic rings. The highest BCUT2D eigenvalue weighted by molar-refractivity contribution is 7.45. The number of carbonyl (C=O) groups is 2. The first-order valence-electron chi connectivity index (χ1n) is 35.2. The van der Waals surface area contributed by atoms with Gasteiger partial charge in [-0.1, -0.05) is 285 Å². The van der Waals surface area contributed by atoms with Gasteiger partial charge in [0.05, 0.1) is 33.8 Å². The first-order valence-corrected chi connectivity index (χ1v) is 36.7. The molecule has 0 aliphatic carbocycles. The highest BCUT2D eigenvalue weighted by atomic mass is 31.2. The topological polar surface area (TPSA) is 114 Å². The molecule has 9 nitrogen and oxygen atoms in total. The Labute approximate surface area is 525 Å². The van der Waals surface area contributed by atoms with Crippen molar-refractivity contribution in [3.8, 4) is 0 Å². The standard InChI is InChI=1S/C75H133N2O7P/c1-7-10-13-16-19-22-25-28-30-32-34-36-38-40-42-44-46-49-52-55-58-61-64-67-74(78)76-72(71-83-85(80,81)82-70-69-77(4,5)6)73(66-63-60-57-54-51-48-27-24-21-18-15-12-9-3)84-75(79)68-65-62-59-56-53-50-47-45-43-41-39-37-35-33-31-29-26-23-20-17-14-11-8-2/h11,14,19-20,22-23,28-31,35,37,41,43,47,50,63,66,72-73H,7-10,12-13,15-18,21,24-27,32-34,36,38-40,42,44-46,48-49,51-62,64-65,67-71H2,1-6H3,(H-,76,78,80,81)/b14-11-,22-19-,23-20-,30-28-,31-29-,37-35-,43-41-,50-47-,66-63+. The lowest BCUT2D eigenvalue weighted by atomic mass is 10.0. The Morgan fingerprint density at radius 3 is 1.15 bits per heavy atom. The van der Waals surface area contributed by atoms with Gasteiger partial charge in [0, 0.05) is 12.8 Å². The number of ether oxygens (including phenoxy) is 1. The molecule has 0 heterocycles. The lowest BCUT2D eigenvalue weighted by Gasteiger charge is -2.30. The number of hydrogen-bond acceptors (Lipinski definition) is 7. The van der Waals surface area contributed by atoms with Crippen LogP contribution in [-0.2, 0) is 27.9 Å². The third-order valence-corrected chi connectivity index (χ3v) is 16.2. The fourth-order valence-corrected chi connectivity index (χ4v) is 10.5. The molecule has 0 radical (unpaired) electrons. The van der Waals surface area contributed by atoms with Crippen LogP contribution in [0.3, 0.4) is 0 Å². The minimum atomic E-state index is -4.72. The minimum absolute atomic E-state index is 0.0313. The highest BCUT2D eigenvalue weighted by Gasteiger charge is 2.27. The molecule has 1 N–H and O–H groups in total. The normalized spacial score (nSPS) is 14.2. The average Bonchev–Trinajstić information content (AvgIpc) is 3.52. The van der Waals surface area contributed by atoms with Gasteiger partial charge in [-0.05, 0) is 115 Å². The van der Waals surface area contributed by atoms with Crippen molar-refractivity contribution in [3.63, 3.8) is 0 Å². The summed E-state index contributed by atoms with van der Waals surface area (Å²) in [5.74, 6) is -0.569. The molecule has 0 aliphatic heterocycles. The van der Waals surface area contributed by atoms with Gasteiger partial charge in [-0.25, -0.2) is 0 Å². The van der Waals surface area contributed by atoms with Gasteiger partial charge in [-0.2, -0.15) is 0 Å². The predicted octanol–water partition coefficient (Wildman–Crippen LogP) is 21.8. The maximum atomic E-state index is 13.6. The van der Waals surface area contributed by atoms with E-state index in [1.54, 1.807) is 0 Å². The monoisotopic (exact) mass is 1200 g/mol. The lowest BCUT2D eigenvalue weighted by molar-refractivity contribution is -0.870.